The quantitative estimate of drug-likeness (QED) is 0.601. The zero-order valence-electron chi connectivity index (χ0n) is 10.8. The van der Waals surface area contributed by atoms with Crippen LogP contribution in [0.4, 0.5) is 0 Å². The minimum Gasteiger partial charge on any atom is -0.497 e. The Morgan fingerprint density at radius 3 is 2.75 bits per heavy atom. The molecule has 0 atom stereocenters. The maximum atomic E-state index is 11.3. The summed E-state index contributed by atoms with van der Waals surface area (Å²) in [5, 5.41) is 9.26. The van der Waals surface area contributed by atoms with Gasteiger partial charge in [-0.3, -0.25) is 0 Å². The molecule has 0 aliphatic carbocycles. The highest BCUT2D eigenvalue weighted by atomic mass is 127. The van der Waals surface area contributed by atoms with Crippen LogP contribution in [0.2, 0.25) is 0 Å². The maximum Gasteiger partial charge on any atom is 0.336 e. The minimum atomic E-state index is -0.936. The van der Waals surface area contributed by atoms with Gasteiger partial charge >= 0.3 is 5.97 Å². The van der Waals surface area contributed by atoms with Gasteiger partial charge in [-0.25, -0.2) is 4.79 Å². The molecule has 20 heavy (non-hydrogen) atoms. The van der Waals surface area contributed by atoms with Gasteiger partial charge < -0.3 is 9.84 Å². The summed E-state index contributed by atoms with van der Waals surface area (Å²) in [7, 11) is 1.53. The largest absolute Gasteiger partial charge is 0.497 e. The number of hydrogen-bond donors (Lipinski definition) is 1. The van der Waals surface area contributed by atoms with Crippen molar-refractivity contribution in [2.45, 2.75) is 10.6 Å². The van der Waals surface area contributed by atoms with Crippen LogP contribution >= 0.6 is 34.4 Å². The second-order valence-electron chi connectivity index (χ2n) is 4.09. The first-order chi connectivity index (χ1) is 9.60. The van der Waals surface area contributed by atoms with Gasteiger partial charge in [-0.2, -0.15) is 0 Å². The number of aromatic carboxylic acids is 1. The minimum absolute atomic E-state index is 0.278. The van der Waals surface area contributed by atoms with Crippen molar-refractivity contribution in [3.63, 3.8) is 0 Å². The molecule has 0 aliphatic heterocycles. The van der Waals surface area contributed by atoms with E-state index in [2.05, 4.69) is 28.7 Å². The lowest BCUT2D eigenvalue weighted by atomic mass is 10.2. The standard InChI is InChI=1S/C15H13IO3S/c1-19-12-5-6-14(13(8-12)15(17)18)20-9-10-3-2-4-11(16)7-10/h2-8H,9H2,1H3,(H,17,18). The predicted octanol–water partition coefficient (Wildman–Crippen LogP) is 4.29. The third-order valence-corrected chi connectivity index (χ3v) is 4.52. The van der Waals surface area contributed by atoms with E-state index in [1.807, 2.05) is 18.2 Å². The molecule has 0 aromatic heterocycles. The first-order valence-electron chi connectivity index (χ1n) is 5.88. The molecule has 0 heterocycles. The lowest BCUT2D eigenvalue weighted by Gasteiger charge is -2.08. The average molecular weight is 400 g/mol. The Balaban J connectivity index is 2.18. The summed E-state index contributed by atoms with van der Waals surface area (Å²) < 4.78 is 6.24. The molecular formula is C15H13IO3S. The van der Waals surface area contributed by atoms with E-state index in [1.54, 1.807) is 18.2 Å². The number of thioether (sulfide) groups is 1. The van der Waals surface area contributed by atoms with Crippen LogP contribution in [0, 0.1) is 3.57 Å². The molecule has 2 aromatic rings. The highest BCUT2D eigenvalue weighted by Crippen LogP contribution is 2.29. The molecule has 0 radical (unpaired) electrons. The predicted molar refractivity (Wildman–Crippen MR) is 88.7 cm³/mol. The summed E-state index contributed by atoms with van der Waals surface area (Å²) in [6, 6.07) is 13.3. The van der Waals surface area contributed by atoms with Crippen molar-refractivity contribution in [2.24, 2.45) is 0 Å². The van der Waals surface area contributed by atoms with Crippen LogP contribution < -0.4 is 4.74 Å². The van der Waals surface area contributed by atoms with E-state index in [-0.39, 0.29) is 5.56 Å². The smallest absolute Gasteiger partial charge is 0.336 e. The summed E-state index contributed by atoms with van der Waals surface area (Å²) >= 11 is 3.78. The second kappa shape index (κ2) is 6.99. The van der Waals surface area contributed by atoms with Gasteiger partial charge in [-0.15, -0.1) is 11.8 Å². The van der Waals surface area contributed by atoms with Crippen LogP contribution in [-0.4, -0.2) is 18.2 Å². The van der Waals surface area contributed by atoms with Crippen molar-refractivity contribution in [1.82, 2.24) is 0 Å². The number of ether oxygens (including phenoxy) is 1. The summed E-state index contributed by atoms with van der Waals surface area (Å²) in [5.74, 6) is 0.360. The Morgan fingerprint density at radius 2 is 2.10 bits per heavy atom. The van der Waals surface area contributed by atoms with Gasteiger partial charge in [0.15, 0.2) is 0 Å². The van der Waals surface area contributed by atoms with Crippen molar-refractivity contribution < 1.29 is 14.6 Å². The van der Waals surface area contributed by atoms with Crippen molar-refractivity contribution in [3.05, 3.63) is 57.2 Å². The van der Waals surface area contributed by atoms with Crippen LogP contribution in [0.5, 0.6) is 5.75 Å². The molecule has 0 amide bonds. The molecule has 0 fully saturated rings. The van der Waals surface area contributed by atoms with Crippen LogP contribution in [0.15, 0.2) is 47.4 Å². The third-order valence-electron chi connectivity index (χ3n) is 2.70. The molecular weight excluding hydrogens is 387 g/mol. The number of carboxylic acids is 1. The molecule has 2 aromatic carbocycles. The molecule has 104 valence electrons. The summed E-state index contributed by atoms with van der Waals surface area (Å²) in [5.41, 5.74) is 1.45. The normalized spacial score (nSPS) is 10.3. The van der Waals surface area contributed by atoms with Gasteiger partial charge in [0, 0.05) is 14.2 Å². The van der Waals surface area contributed by atoms with Crippen LogP contribution in [0.1, 0.15) is 15.9 Å². The number of carboxylic acid groups (broad SMARTS) is 1. The molecule has 0 saturated carbocycles. The second-order valence-corrected chi connectivity index (χ2v) is 6.35. The summed E-state index contributed by atoms with van der Waals surface area (Å²) in [4.78, 5) is 12.0. The summed E-state index contributed by atoms with van der Waals surface area (Å²) in [6.07, 6.45) is 0. The number of benzene rings is 2. The Morgan fingerprint density at radius 1 is 1.30 bits per heavy atom. The Hall–Kier alpha value is -1.21. The lowest BCUT2D eigenvalue weighted by Crippen LogP contribution is -2.00. The highest BCUT2D eigenvalue weighted by Gasteiger charge is 2.12. The van der Waals surface area contributed by atoms with Crippen LogP contribution in [0.25, 0.3) is 0 Å². The number of carbonyl (C=O) groups is 1. The molecule has 5 heteroatoms. The first-order valence-corrected chi connectivity index (χ1v) is 7.95. The number of methoxy groups -OCH3 is 1. The van der Waals surface area contributed by atoms with Gasteiger partial charge in [0.05, 0.1) is 12.7 Å². The summed E-state index contributed by atoms with van der Waals surface area (Å²) in [6.45, 7) is 0. The van der Waals surface area contributed by atoms with E-state index >= 15 is 0 Å². The van der Waals surface area contributed by atoms with E-state index in [1.165, 1.54) is 28.0 Å². The number of rotatable bonds is 5. The molecule has 0 spiro atoms. The fourth-order valence-electron chi connectivity index (χ4n) is 1.72. The van der Waals surface area contributed by atoms with Gasteiger partial charge in [-0.05, 0) is 58.5 Å². The van der Waals surface area contributed by atoms with Crippen molar-refractivity contribution in [2.75, 3.05) is 7.11 Å². The Bertz CT molecular complexity index is 628. The lowest BCUT2D eigenvalue weighted by molar-refractivity contribution is 0.0692. The van der Waals surface area contributed by atoms with Crippen LogP contribution in [0.3, 0.4) is 0 Å². The Labute approximate surface area is 135 Å². The average Bonchev–Trinajstić information content (AvgIpc) is 2.45. The topological polar surface area (TPSA) is 46.5 Å². The molecule has 0 unspecified atom stereocenters. The fourth-order valence-corrected chi connectivity index (χ4v) is 3.29. The third kappa shape index (κ3) is 3.89. The van der Waals surface area contributed by atoms with Crippen LogP contribution in [-0.2, 0) is 5.75 Å². The monoisotopic (exact) mass is 400 g/mol. The van der Waals surface area contributed by atoms with Gasteiger partial charge in [0.1, 0.15) is 5.75 Å². The van der Waals surface area contributed by atoms with Crippen molar-refractivity contribution >= 4 is 40.3 Å². The molecule has 0 bridgehead atoms. The maximum absolute atomic E-state index is 11.3. The number of hydrogen-bond acceptors (Lipinski definition) is 3. The zero-order valence-corrected chi connectivity index (χ0v) is 13.8. The van der Waals surface area contributed by atoms with Crippen molar-refractivity contribution in [1.29, 1.82) is 0 Å². The number of halogens is 1. The van der Waals surface area contributed by atoms with Gasteiger partial charge in [0.25, 0.3) is 0 Å². The van der Waals surface area contributed by atoms with E-state index in [4.69, 9.17) is 4.74 Å². The highest BCUT2D eigenvalue weighted by molar-refractivity contribution is 14.1. The molecule has 1 N–H and O–H groups in total. The first kappa shape index (κ1) is 15.2. The zero-order chi connectivity index (χ0) is 14.5. The molecule has 3 nitrogen and oxygen atoms in total. The van der Waals surface area contributed by atoms with E-state index in [9.17, 15) is 9.90 Å². The van der Waals surface area contributed by atoms with Crippen molar-refractivity contribution in [3.8, 4) is 5.75 Å². The Kier molecular flexibility index (Phi) is 5.31. The molecule has 0 saturated heterocycles. The van der Waals surface area contributed by atoms with E-state index in [0.717, 1.165) is 10.6 Å². The SMILES string of the molecule is COc1ccc(SCc2cccc(I)c2)c(C(=O)O)c1. The van der Waals surface area contributed by atoms with Gasteiger partial charge in [-0.1, -0.05) is 12.1 Å². The molecule has 2 rings (SSSR count). The van der Waals surface area contributed by atoms with E-state index < -0.39 is 5.97 Å². The van der Waals surface area contributed by atoms with Gasteiger partial charge in [0.2, 0.25) is 0 Å². The van der Waals surface area contributed by atoms with E-state index in [0.29, 0.717) is 5.75 Å². The fraction of sp³-hybridized carbons (Fsp3) is 0.133. The molecule has 0 aliphatic rings.